The largest absolute Gasteiger partial charge is 0.488 e. The van der Waals surface area contributed by atoms with Crippen molar-refractivity contribution in [3.05, 3.63) is 88.6 Å². The number of aromatic nitrogens is 1. The number of hydrogen-bond acceptors (Lipinski definition) is 5. The van der Waals surface area contributed by atoms with Crippen LogP contribution in [0.5, 0.6) is 11.6 Å². The average Bonchev–Trinajstić information content (AvgIpc) is 2.89. The summed E-state index contributed by atoms with van der Waals surface area (Å²) in [6.45, 7) is 6.69. The summed E-state index contributed by atoms with van der Waals surface area (Å²) in [4.78, 5) is 4.66. The van der Waals surface area contributed by atoms with E-state index < -0.39 is 0 Å². The molecule has 5 nitrogen and oxygen atoms in total. The van der Waals surface area contributed by atoms with Gasteiger partial charge in [0.05, 0.1) is 19.8 Å². The van der Waals surface area contributed by atoms with E-state index in [-0.39, 0.29) is 6.10 Å². The molecule has 2 heterocycles. The smallest absolute Gasteiger partial charge is 0.218 e. The molecule has 3 aromatic rings. The number of hydrogen-bond donors (Lipinski definition) is 0. The summed E-state index contributed by atoms with van der Waals surface area (Å²) in [5.41, 5.74) is 4.89. The van der Waals surface area contributed by atoms with Crippen molar-refractivity contribution in [1.29, 1.82) is 0 Å². The third-order valence-electron chi connectivity index (χ3n) is 5.56. The monoisotopic (exact) mass is 457 g/mol. The van der Waals surface area contributed by atoms with Crippen molar-refractivity contribution in [2.75, 3.05) is 26.4 Å². The van der Waals surface area contributed by atoms with Crippen LogP contribution in [0.15, 0.2) is 60.7 Å². The second kappa shape index (κ2) is 12.2. The molecular weight excluding hydrogens is 426 g/mol. The molecule has 0 radical (unpaired) electrons. The summed E-state index contributed by atoms with van der Waals surface area (Å²) in [5.74, 6) is 7.63. The molecule has 176 valence electrons. The molecule has 0 aliphatic carbocycles. The molecule has 5 heteroatoms. The molecule has 2 aromatic carbocycles. The van der Waals surface area contributed by atoms with E-state index in [0.717, 1.165) is 29.5 Å². The maximum atomic E-state index is 6.15. The van der Waals surface area contributed by atoms with Crippen LogP contribution >= 0.6 is 0 Å². The highest BCUT2D eigenvalue weighted by molar-refractivity contribution is 5.49. The Bertz CT molecular complexity index is 1110. The van der Waals surface area contributed by atoms with Crippen LogP contribution in [0, 0.1) is 18.8 Å². The molecule has 0 bridgehead atoms. The Labute approximate surface area is 202 Å². The Hall–Kier alpha value is -3.33. The van der Waals surface area contributed by atoms with E-state index in [1.54, 1.807) is 0 Å². The fraction of sp³-hybridized carbons (Fsp3) is 0.345. The maximum Gasteiger partial charge on any atom is 0.218 e. The Morgan fingerprint density at radius 3 is 2.53 bits per heavy atom. The van der Waals surface area contributed by atoms with Crippen LogP contribution in [0.2, 0.25) is 0 Å². The second-order valence-corrected chi connectivity index (χ2v) is 8.28. The first-order valence-electron chi connectivity index (χ1n) is 11.8. The van der Waals surface area contributed by atoms with Gasteiger partial charge in [0, 0.05) is 17.2 Å². The van der Waals surface area contributed by atoms with Crippen LogP contribution in [0.25, 0.3) is 0 Å². The molecule has 4 rings (SSSR count). The topological polar surface area (TPSA) is 49.8 Å². The van der Waals surface area contributed by atoms with E-state index in [0.29, 0.717) is 50.4 Å². The SMILES string of the molecule is CCCc1ccc(C#Cc2nc(OCC3COCCO3)cc(OCc3ccccc3)c2C)cc1. The quantitative estimate of drug-likeness (QED) is 0.440. The summed E-state index contributed by atoms with van der Waals surface area (Å²) >= 11 is 0. The fourth-order valence-corrected chi connectivity index (χ4v) is 3.63. The van der Waals surface area contributed by atoms with Gasteiger partial charge in [-0.25, -0.2) is 4.98 Å². The Morgan fingerprint density at radius 2 is 1.79 bits per heavy atom. The van der Waals surface area contributed by atoms with Gasteiger partial charge >= 0.3 is 0 Å². The lowest BCUT2D eigenvalue weighted by atomic mass is 10.1. The lowest BCUT2D eigenvalue weighted by Gasteiger charge is -2.23. The van der Waals surface area contributed by atoms with Gasteiger partial charge in [-0.15, -0.1) is 0 Å². The summed E-state index contributed by atoms with van der Waals surface area (Å²) < 4.78 is 23.3. The van der Waals surface area contributed by atoms with E-state index >= 15 is 0 Å². The summed E-state index contributed by atoms with van der Waals surface area (Å²) in [5, 5.41) is 0. The molecule has 0 spiro atoms. The molecule has 1 atom stereocenters. The number of ether oxygens (including phenoxy) is 4. The molecule has 1 saturated heterocycles. The first-order valence-corrected chi connectivity index (χ1v) is 11.8. The normalized spacial score (nSPS) is 15.3. The zero-order chi connectivity index (χ0) is 23.6. The van der Waals surface area contributed by atoms with Gasteiger partial charge in [0.15, 0.2) is 0 Å². The van der Waals surface area contributed by atoms with Crippen molar-refractivity contribution in [3.63, 3.8) is 0 Å². The van der Waals surface area contributed by atoms with E-state index in [1.807, 2.05) is 43.3 Å². The van der Waals surface area contributed by atoms with E-state index in [4.69, 9.17) is 18.9 Å². The van der Waals surface area contributed by atoms with Crippen LogP contribution in [0.4, 0.5) is 0 Å². The molecule has 1 fully saturated rings. The van der Waals surface area contributed by atoms with Gasteiger partial charge in [0.1, 0.15) is 30.8 Å². The van der Waals surface area contributed by atoms with Gasteiger partial charge in [-0.2, -0.15) is 0 Å². The highest BCUT2D eigenvalue weighted by Gasteiger charge is 2.17. The van der Waals surface area contributed by atoms with Gasteiger partial charge in [-0.1, -0.05) is 61.7 Å². The Balaban J connectivity index is 1.55. The van der Waals surface area contributed by atoms with Crippen molar-refractivity contribution >= 4 is 0 Å². The van der Waals surface area contributed by atoms with Crippen LogP contribution in [0.3, 0.4) is 0 Å². The average molecular weight is 458 g/mol. The maximum absolute atomic E-state index is 6.15. The minimum Gasteiger partial charge on any atom is -0.488 e. The summed E-state index contributed by atoms with van der Waals surface area (Å²) in [6.07, 6.45) is 2.10. The van der Waals surface area contributed by atoms with Gasteiger partial charge in [0.25, 0.3) is 0 Å². The van der Waals surface area contributed by atoms with Gasteiger partial charge in [0.2, 0.25) is 5.88 Å². The summed E-state index contributed by atoms with van der Waals surface area (Å²) in [7, 11) is 0. The van der Waals surface area contributed by atoms with E-state index in [2.05, 4.69) is 48.0 Å². The van der Waals surface area contributed by atoms with Crippen LogP contribution in [-0.4, -0.2) is 37.5 Å². The number of rotatable bonds is 8. The number of benzene rings is 2. The molecule has 0 N–H and O–H groups in total. The molecule has 1 aromatic heterocycles. The van der Waals surface area contributed by atoms with Crippen LogP contribution < -0.4 is 9.47 Å². The standard InChI is InChI=1S/C29H31NO4/c1-3-7-23-10-12-24(13-11-23)14-15-27-22(2)28(33-19-25-8-5-4-6-9-25)18-29(30-27)34-21-26-20-31-16-17-32-26/h4-6,8-13,18,26H,3,7,16-17,19-21H2,1-2H3. The fourth-order valence-electron chi connectivity index (χ4n) is 3.63. The van der Waals surface area contributed by atoms with Crippen LogP contribution in [-0.2, 0) is 22.5 Å². The first-order chi connectivity index (χ1) is 16.7. The highest BCUT2D eigenvalue weighted by Crippen LogP contribution is 2.26. The molecule has 0 saturated carbocycles. The Morgan fingerprint density at radius 1 is 0.971 bits per heavy atom. The van der Waals surface area contributed by atoms with Crippen molar-refractivity contribution < 1.29 is 18.9 Å². The molecule has 1 aliphatic rings. The minimum atomic E-state index is -0.110. The number of pyridine rings is 1. The van der Waals surface area contributed by atoms with Crippen molar-refractivity contribution in [3.8, 4) is 23.5 Å². The van der Waals surface area contributed by atoms with E-state index in [1.165, 1.54) is 5.56 Å². The molecule has 1 unspecified atom stereocenters. The predicted molar refractivity (Wildman–Crippen MR) is 132 cm³/mol. The summed E-state index contributed by atoms with van der Waals surface area (Å²) in [6, 6.07) is 20.3. The zero-order valence-electron chi connectivity index (χ0n) is 19.9. The van der Waals surface area contributed by atoms with Crippen molar-refractivity contribution in [2.45, 2.75) is 39.4 Å². The van der Waals surface area contributed by atoms with Crippen LogP contribution in [0.1, 0.15) is 41.3 Å². The lowest BCUT2D eigenvalue weighted by Crippen LogP contribution is -2.33. The van der Waals surface area contributed by atoms with E-state index in [9.17, 15) is 0 Å². The van der Waals surface area contributed by atoms with Crippen molar-refractivity contribution in [2.24, 2.45) is 0 Å². The third kappa shape index (κ3) is 6.84. The third-order valence-corrected chi connectivity index (χ3v) is 5.56. The first kappa shape index (κ1) is 23.8. The molecule has 34 heavy (non-hydrogen) atoms. The van der Waals surface area contributed by atoms with Gasteiger partial charge in [-0.3, -0.25) is 0 Å². The number of aryl methyl sites for hydroxylation is 1. The molecular formula is C29H31NO4. The second-order valence-electron chi connectivity index (χ2n) is 8.28. The van der Waals surface area contributed by atoms with Gasteiger partial charge in [-0.05, 0) is 42.5 Å². The number of nitrogens with zero attached hydrogens (tertiary/aromatic N) is 1. The van der Waals surface area contributed by atoms with Gasteiger partial charge < -0.3 is 18.9 Å². The predicted octanol–water partition coefficient (Wildman–Crippen LogP) is 5.12. The lowest BCUT2D eigenvalue weighted by molar-refractivity contribution is -0.102. The highest BCUT2D eigenvalue weighted by atomic mass is 16.6. The van der Waals surface area contributed by atoms with Crippen molar-refractivity contribution in [1.82, 2.24) is 4.98 Å². The zero-order valence-corrected chi connectivity index (χ0v) is 19.9. The Kier molecular flexibility index (Phi) is 8.56. The molecule has 0 amide bonds. The molecule has 1 aliphatic heterocycles. The minimum absolute atomic E-state index is 0.110.